The third-order valence-electron chi connectivity index (χ3n) is 4.75. The number of hydrogen-bond donors (Lipinski definition) is 1. The van der Waals surface area contributed by atoms with E-state index in [1.54, 1.807) is 19.3 Å². The Kier molecular flexibility index (Phi) is 2.12. The Balaban J connectivity index is 1.58. The minimum Gasteiger partial charge on any atom is -0.316 e. The van der Waals surface area contributed by atoms with Crippen molar-refractivity contribution in [3.8, 4) is 0 Å². The fourth-order valence-electron chi connectivity index (χ4n) is 3.77. The molecule has 1 N–H and O–H groups in total. The Morgan fingerprint density at radius 1 is 1.21 bits per heavy atom. The number of fused-ring (bicyclic) bond motifs is 1. The van der Waals surface area contributed by atoms with E-state index in [9.17, 15) is 0 Å². The quantitative estimate of drug-likeness (QED) is 0.662. The van der Waals surface area contributed by atoms with Gasteiger partial charge in [-0.05, 0) is 68.2 Å². The summed E-state index contributed by atoms with van der Waals surface area (Å²) in [4.78, 5) is 0. The Labute approximate surface area is 87.7 Å². The van der Waals surface area contributed by atoms with E-state index in [1.165, 1.54) is 32.4 Å². The van der Waals surface area contributed by atoms with E-state index in [0.29, 0.717) is 0 Å². The van der Waals surface area contributed by atoms with E-state index in [4.69, 9.17) is 0 Å². The lowest BCUT2D eigenvalue weighted by molar-refractivity contribution is 0.210. The van der Waals surface area contributed by atoms with Crippen LogP contribution >= 0.6 is 0 Å². The van der Waals surface area contributed by atoms with Crippen molar-refractivity contribution in [1.29, 1.82) is 0 Å². The van der Waals surface area contributed by atoms with Crippen molar-refractivity contribution in [2.75, 3.05) is 13.1 Å². The van der Waals surface area contributed by atoms with Crippen LogP contribution in [0.25, 0.3) is 0 Å². The van der Waals surface area contributed by atoms with Gasteiger partial charge < -0.3 is 5.32 Å². The van der Waals surface area contributed by atoms with Gasteiger partial charge in [-0.3, -0.25) is 0 Å². The van der Waals surface area contributed by atoms with Gasteiger partial charge in [0.25, 0.3) is 0 Å². The SMILES string of the molecule is CCCNCC1(C2CC2)CC2CC2C1. The van der Waals surface area contributed by atoms with Crippen LogP contribution in [0.1, 0.15) is 45.4 Å². The molecule has 3 fully saturated rings. The average Bonchev–Trinajstić information content (AvgIpc) is 3.06. The summed E-state index contributed by atoms with van der Waals surface area (Å²) in [6.07, 6.45) is 9.06. The summed E-state index contributed by atoms with van der Waals surface area (Å²) in [7, 11) is 0. The summed E-state index contributed by atoms with van der Waals surface area (Å²) in [5, 5.41) is 3.68. The van der Waals surface area contributed by atoms with E-state index >= 15 is 0 Å². The van der Waals surface area contributed by atoms with Crippen LogP contribution in [0.4, 0.5) is 0 Å². The van der Waals surface area contributed by atoms with Gasteiger partial charge in [0.1, 0.15) is 0 Å². The summed E-state index contributed by atoms with van der Waals surface area (Å²) >= 11 is 0. The molecule has 3 saturated carbocycles. The van der Waals surface area contributed by atoms with Crippen LogP contribution in [-0.2, 0) is 0 Å². The maximum atomic E-state index is 3.68. The molecule has 80 valence electrons. The maximum Gasteiger partial charge on any atom is 0.00107 e. The summed E-state index contributed by atoms with van der Waals surface area (Å²) < 4.78 is 0. The molecule has 0 amide bonds. The van der Waals surface area contributed by atoms with Crippen molar-refractivity contribution in [2.45, 2.75) is 45.4 Å². The van der Waals surface area contributed by atoms with Gasteiger partial charge in [-0.25, -0.2) is 0 Å². The smallest absolute Gasteiger partial charge is 0.00107 e. The van der Waals surface area contributed by atoms with Gasteiger partial charge >= 0.3 is 0 Å². The van der Waals surface area contributed by atoms with Gasteiger partial charge in [-0.1, -0.05) is 6.92 Å². The minimum atomic E-state index is 0.767. The van der Waals surface area contributed by atoms with Gasteiger partial charge in [-0.2, -0.15) is 0 Å². The second-order valence-electron chi connectivity index (χ2n) is 5.98. The van der Waals surface area contributed by atoms with Crippen LogP contribution in [0.2, 0.25) is 0 Å². The molecule has 0 aromatic rings. The summed E-state index contributed by atoms with van der Waals surface area (Å²) in [6, 6.07) is 0. The van der Waals surface area contributed by atoms with Gasteiger partial charge in [0.15, 0.2) is 0 Å². The molecule has 2 unspecified atom stereocenters. The first-order valence-corrected chi connectivity index (χ1v) is 6.55. The molecule has 0 saturated heterocycles. The van der Waals surface area contributed by atoms with Gasteiger partial charge in [0, 0.05) is 6.54 Å². The van der Waals surface area contributed by atoms with Crippen LogP contribution in [0.15, 0.2) is 0 Å². The monoisotopic (exact) mass is 193 g/mol. The third kappa shape index (κ3) is 1.50. The average molecular weight is 193 g/mol. The first-order chi connectivity index (χ1) is 6.84. The molecule has 14 heavy (non-hydrogen) atoms. The van der Waals surface area contributed by atoms with Gasteiger partial charge in [0.2, 0.25) is 0 Å². The zero-order valence-electron chi connectivity index (χ0n) is 9.39. The Hall–Kier alpha value is -0.0400. The summed E-state index contributed by atoms with van der Waals surface area (Å²) in [6.45, 7) is 4.82. The molecule has 0 spiro atoms. The minimum absolute atomic E-state index is 0.767. The first-order valence-electron chi connectivity index (χ1n) is 6.55. The van der Waals surface area contributed by atoms with Crippen molar-refractivity contribution in [3.63, 3.8) is 0 Å². The van der Waals surface area contributed by atoms with Crippen molar-refractivity contribution >= 4 is 0 Å². The normalized spacial score (nSPS) is 45.2. The van der Waals surface area contributed by atoms with E-state index in [2.05, 4.69) is 12.2 Å². The molecule has 0 bridgehead atoms. The van der Waals surface area contributed by atoms with Gasteiger partial charge in [0.05, 0.1) is 0 Å². The molecule has 0 aliphatic heterocycles. The second-order valence-corrected chi connectivity index (χ2v) is 5.98. The van der Waals surface area contributed by atoms with Crippen molar-refractivity contribution in [2.24, 2.45) is 23.2 Å². The Morgan fingerprint density at radius 3 is 2.50 bits per heavy atom. The van der Waals surface area contributed by atoms with E-state index in [1.807, 2.05) is 0 Å². The topological polar surface area (TPSA) is 12.0 Å². The lowest BCUT2D eigenvalue weighted by Crippen LogP contribution is -2.35. The van der Waals surface area contributed by atoms with Crippen LogP contribution < -0.4 is 5.32 Å². The van der Waals surface area contributed by atoms with Crippen molar-refractivity contribution in [3.05, 3.63) is 0 Å². The van der Waals surface area contributed by atoms with E-state index < -0.39 is 0 Å². The molecule has 3 rings (SSSR count). The highest BCUT2D eigenvalue weighted by atomic mass is 14.9. The van der Waals surface area contributed by atoms with Crippen LogP contribution in [0.5, 0.6) is 0 Å². The van der Waals surface area contributed by atoms with Crippen molar-refractivity contribution in [1.82, 2.24) is 5.32 Å². The lowest BCUT2D eigenvalue weighted by Gasteiger charge is -2.31. The molecular formula is C13H23N. The highest BCUT2D eigenvalue weighted by Gasteiger charge is 2.58. The Bertz CT molecular complexity index is 209. The zero-order valence-corrected chi connectivity index (χ0v) is 9.39. The highest BCUT2D eigenvalue weighted by molar-refractivity contribution is 5.09. The van der Waals surface area contributed by atoms with Crippen LogP contribution in [0.3, 0.4) is 0 Å². The fourth-order valence-corrected chi connectivity index (χ4v) is 3.77. The largest absolute Gasteiger partial charge is 0.316 e. The fraction of sp³-hybridized carbons (Fsp3) is 1.00. The molecule has 0 heterocycles. The molecule has 3 aliphatic rings. The molecular weight excluding hydrogens is 170 g/mol. The van der Waals surface area contributed by atoms with Crippen molar-refractivity contribution < 1.29 is 0 Å². The second kappa shape index (κ2) is 3.23. The molecule has 3 aliphatic carbocycles. The highest BCUT2D eigenvalue weighted by Crippen LogP contribution is 2.66. The molecule has 1 heteroatoms. The number of nitrogens with one attached hydrogen (secondary N) is 1. The molecule has 0 aromatic carbocycles. The molecule has 2 atom stereocenters. The van der Waals surface area contributed by atoms with Gasteiger partial charge in [-0.15, -0.1) is 0 Å². The zero-order chi connectivity index (χ0) is 9.60. The predicted octanol–water partition coefficient (Wildman–Crippen LogP) is 2.81. The predicted molar refractivity (Wildman–Crippen MR) is 59.1 cm³/mol. The summed E-state index contributed by atoms with van der Waals surface area (Å²) in [5.74, 6) is 3.41. The van der Waals surface area contributed by atoms with Crippen LogP contribution in [-0.4, -0.2) is 13.1 Å². The molecule has 1 nitrogen and oxygen atoms in total. The molecule has 0 aromatic heterocycles. The maximum absolute atomic E-state index is 3.68. The van der Waals surface area contributed by atoms with E-state index in [-0.39, 0.29) is 0 Å². The molecule has 0 radical (unpaired) electrons. The summed E-state index contributed by atoms with van der Waals surface area (Å²) in [5.41, 5.74) is 0.767. The standard InChI is InChI=1S/C13H23N/c1-2-5-14-9-13(12-3-4-12)7-10-6-11(10)8-13/h10-12,14H,2-9H2,1H3. The third-order valence-corrected chi connectivity index (χ3v) is 4.75. The first kappa shape index (κ1) is 9.21. The lowest BCUT2D eigenvalue weighted by atomic mass is 9.78. The van der Waals surface area contributed by atoms with E-state index in [0.717, 1.165) is 23.2 Å². The Morgan fingerprint density at radius 2 is 1.93 bits per heavy atom. The number of hydrogen-bond acceptors (Lipinski definition) is 1. The van der Waals surface area contributed by atoms with Crippen LogP contribution in [0, 0.1) is 23.2 Å². The number of rotatable bonds is 5.